The normalized spacial score (nSPS) is 14.6. The van der Waals surface area contributed by atoms with Crippen molar-refractivity contribution >= 4 is 29.0 Å². The van der Waals surface area contributed by atoms with Gasteiger partial charge in [-0.1, -0.05) is 16.8 Å². The van der Waals surface area contributed by atoms with Crippen LogP contribution in [-0.2, 0) is 9.53 Å². The SMILES string of the molecule is NCCC(=O)c1noc(-c2cc(Cl)c(O)cc2O)c1NC(=O)CCN1CCOCC1. The third-order valence-corrected chi connectivity index (χ3v) is 4.96. The molecule has 1 aromatic carbocycles. The van der Waals surface area contributed by atoms with Crippen molar-refractivity contribution in [1.29, 1.82) is 0 Å². The summed E-state index contributed by atoms with van der Waals surface area (Å²) in [6.45, 7) is 3.35. The summed E-state index contributed by atoms with van der Waals surface area (Å²) < 4.78 is 10.6. The van der Waals surface area contributed by atoms with Gasteiger partial charge in [-0.2, -0.15) is 0 Å². The van der Waals surface area contributed by atoms with E-state index in [9.17, 15) is 19.8 Å². The van der Waals surface area contributed by atoms with Crippen molar-refractivity contribution in [2.45, 2.75) is 12.8 Å². The van der Waals surface area contributed by atoms with Crippen LogP contribution in [0.2, 0.25) is 5.02 Å². The van der Waals surface area contributed by atoms with Gasteiger partial charge in [0.15, 0.2) is 17.2 Å². The molecule has 2 heterocycles. The maximum absolute atomic E-state index is 12.6. The summed E-state index contributed by atoms with van der Waals surface area (Å²) in [6.07, 6.45) is 0.183. The number of anilines is 1. The van der Waals surface area contributed by atoms with Crippen LogP contribution in [0.15, 0.2) is 16.7 Å². The molecule has 0 atom stereocenters. The third kappa shape index (κ3) is 5.08. The van der Waals surface area contributed by atoms with Crippen LogP contribution in [0.4, 0.5) is 5.69 Å². The zero-order chi connectivity index (χ0) is 21.7. The smallest absolute Gasteiger partial charge is 0.225 e. The number of hydrogen-bond donors (Lipinski definition) is 4. The standard InChI is InChI=1S/C19H23ClN4O6/c20-12-9-11(14(26)10-15(12)27)19-18(17(23-30-19)13(25)1-3-21)22-16(28)2-4-24-5-7-29-8-6-24/h9-10,26-27H,1-8,21H2,(H,22,28). The van der Waals surface area contributed by atoms with E-state index in [-0.39, 0.29) is 64.5 Å². The largest absolute Gasteiger partial charge is 0.507 e. The first-order chi connectivity index (χ1) is 14.4. The van der Waals surface area contributed by atoms with Crippen molar-refractivity contribution in [1.82, 2.24) is 10.1 Å². The van der Waals surface area contributed by atoms with Crippen molar-refractivity contribution in [3.8, 4) is 22.8 Å². The van der Waals surface area contributed by atoms with Crippen LogP contribution in [0.25, 0.3) is 11.3 Å². The lowest BCUT2D eigenvalue weighted by Gasteiger charge is -2.26. The molecule has 162 valence electrons. The molecule has 30 heavy (non-hydrogen) atoms. The van der Waals surface area contributed by atoms with Crippen LogP contribution in [0, 0.1) is 0 Å². The molecule has 2 aromatic rings. The van der Waals surface area contributed by atoms with Crippen molar-refractivity contribution in [2.24, 2.45) is 5.73 Å². The number of nitrogens with two attached hydrogens (primary N) is 1. The number of aromatic hydroxyl groups is 2. The summed E-state index contributed by atoms with van der Waals surface area (Å²) in [5.41, 5.74) is 5.46. The minimum Gasteiger partial charge on any atom is -0.507 e. The minimum atomic E-state index is -0.416. The number of phenols is 2. The van der Waals surface area contributed by atoms with Gasteiger partial charge in [0, 0.05) is 38.5 Å². The van der Waals surface area contributed by atoms with E-state index in [0.717, 1.165) is 19.2 Å². The van der Waals surface area contributed by atoms with Gasteiger partial charge < -0.3 is 30.5 Å². The highest BCUT2D eigenvalue weighted by Crippen LogP contribution is 2.41. The van der Waals surface area contributed by atoms with Crippen molar-refractivity contribution < 1.29 is 29.1 Å². The van der Waals surface area contributed by atoms with Gasteiger partial charge in [0.05, 0.1) is 23.8 Å². The Morgan fingerprint density at radius 2 is 1.93 bits per heavy atom. The number of nitrogens with one attached hydrogen (secondary N) is 1. The molecule has 11 heteroatoms. The molecule has 0 radical (unpaired) electrons. The number of ether oxygens (including phenoxy) is 1. The number of halogens is 1. The molecule has 1 fully saturated rings. The van der Waals surface area contributed by atoms with Crippen LogP contribution in [0.1, 0.15) is 23.3 Å². The first-order valence-electron chi connectivity index (χ1n) is 9.45. The van der Waals surface area contributed by atoms with E-state index < -0.39 is 5.78 Å². The molecular formula is C19H23ClN4O6. The van der Waals surface area contributed by atoms with Gasteiger partial charge in [-0.05, 0) is 12.6 Å². The Morgan fingerprint density at radius 1 is 1.20 bits per heavy atom. The van der Waals surface area contributed by atoms with Gasteiger partial charge in [0.25, 0.3) is 0 Å². The number of nitrogens with zero attached hydrogens (tertiary/aromatic N) is 2. The summed E-state index contributed by atoms with van der Waals surface area (Å²) in [5.74, 6) is -1.49. The summed E-state index contributed by atoms with van der Waals surface area (Å²) >= 11 is 5.94. The number of hydrogen-bond acceptors (Lipinski definition) is 9. The monoisotopic (exact) mass is 438 g/mol. The Labute approximate surface area is 177 Å². The Morgan fingerprint density at radius 3 is 2.63 bits per heavy atom. The van der Waals surface area contributed by atoms with Gasteiger partial charge in [0.1, 0.15) is 17.2 Å². The Kier molecular flexibility index (Phi) is 7.27. The molecule has 0 spiro atoms. The van der Waals surface area contributed by atoms with E-state index >= 15 is 0 Å². The lowest BCUT2D eigenvalue weighted by molar-refractivity contribution is -0.116. The number of morpholine rings is 1. The highest BCUT2D eigenvalue weighted by Gasteiger charge is 2.26. The van der Waals surface area contributed by atoms with E-state index in [1.807, 2.05) is 0 Å². The van der Waals surface area contributed by atoms with Crippen molar-refractivity contribution in [3.05, 3.63) is 22.8 Å². The Hall–Kier alpha value is -2.66. The number of amides is 1. The van der Waals surface area contributed by atoms with Gasteiger partial charge in [-0.25, -0.2) is 0 Å². The fourth-order valence-electron chi connectivity index (χ4n) is 3.05. The summed E-state index contributed by atoms with van der Waals surface area (Å²) in [4.78, 5) is 27.1. The highest BCUT2D eigenvalue weighted by molar-refractivity contribution is 6.32. The topological polar surface area (TPSA) is 151 Å². The molecule has 0 unspecified atom stereocenters. The summed E-state index contributed by atoms with van der Waals surface area (Å²) in [6, 6.07) is 2.29. The molecule has 10 nitrogen and oxygen atoms in total. The Bertz CT molecular complexity index is 926. The molecule has 1 amide bonds. The quantitative estimate of drug-likeness (QED) is 0.450. The van der Waals surface area contributed by atoms with Crippen LogP contribution in [0.5, 0.6) is 11.5 Å². The fourth-order valence-corrected chi connectivity index (χ4v) is 3.21. The zero-order valence-electron chi connectivity index (χ0n) is 16.2. The molecule has 1 aliphatic heterocycles. The number of carbonyl (C=O) groups excluding carboxylic acids is 2. The molecule has 0 aliphatic carbocycles. The number of carbonyl (C=O) groups is 2. The van der Waals surface area contributed by atoms with E-state index in [2.05, 4.69) is 15.4 Å². The highest BCUT2D eigenvalue weighted by atomic mass is 35.5. The third-order valence-electron chi connectivity index (χ3n) is 4.66. The lowest BCUT2D eigenvalue weighted by Crippen LogP contribution is -2.38. The molecule has 1 aromatic heterocycles. The molecule has 3 rings (SSSR count). The number of phenolic OH excluding ortho intramolecular Hbond substituents is 2. The first kappa shape index (κ1) is 22.0. The Balaban J connectivity index is 1.86. The predicted molar refractivity (Wildman–Crippen MR) is 109 cm³/mol. The minimum absolute atomic E-state index is 0.00490. The number of aromatic nitrogens is 1. The van der Waals surface area contributed by atoms with Crippen LogP contribution < -0.4 is 11.1 Å². The number of rotatable bonds is 8. The predicted octanol–water partition coefficient (Wildman–Crippen LogP) is 1.60. The molecule has 5 N–H and O–H groups in total. The maximum Gasteiger partial charge on any atom is 0.225 e. The van der Waals surface area contributed by atoms with E-state index in [1.165, 1.54) is 6.07 Å². The van der Waals surface area contributed by atoms with Gasteiger partial charge in [0.2, 0.25) is 5.91 Å². The average molecular weight is 439 g/mol. The second-order valence-corrected chi connectivity index (χ2v) is 7.18. The number of benzene rings is 1. The molecular weight excluding hydrogens is 416 g/mol. The number of ketones is 1. The second kappa shape index (κ2) is 9.90. The molecule has 1 aliphatic rings. The van der Waals surface area contributed by atoms with Gasteiger partial charge in [-0.15, -0.1) is 0 Å². The summed E-state index contributed by atoms with van der Waals surface area (Å²) in [5, 5.41) is 26.3. The first-order valence-corrected chi connectivity index (χ1v) is 9.83. The average Bonchev–Trinajstić information content (AvgIpc) is 3.13. The van der Waals surface area contributed by atoms with E-state index in [0.29, 0.717) is 19.8 Å². The fraction of sp³-hybridized carbons (Fsp3) is 0.421. The molecule has 0 saturated carbocycles. The molecule has 0 bridgehead atoms. The van der Waals surface area contributed by atoms with Gasteiger partial charge in [-0.3, -0.25) is 14.5 Å². The van der Waals surface area contributed by atoms with Crippen LogP contribution in [0.3, 0.4) is 0 Å². The second-order valence-electron chi connectivity index (χ2n) is 6.77. The summed E-state index contributed by atoms with van der Waals surface area (Å²) in [7, 11) is 0. The zero-order valence-corrected chi connectivity index (χ0v) is 16.9. The van der Waals surface area contributed by atoms with E-state index in [4.69, 9.17) is 26.6 Å². The van der Waals surface area contributed by atoms with Crippen LogP contribution in [-0.4, -0.2) is 71.4 Å². The maximum atomic E-state index is 12.6. The number of Topliss-reactive ketones (excluding diaryl/α,β-unsaturated/α-hetero) is 1. The van der Waals surface area contributed by atoms with Crippen molar-refractivity contribution in [2.75, 3.05) is 44.7 Å². The lowest BCUT2D eigenvalue weighted by atomic mass is 10.1. The van der Waals surface area contributed by atoms with Crippen LogP contribution >= 0.6 is 11.6 Å². The molecule has 1 saturated heterocycles. The van der Waals surface area contributed by atoms with Crippen molar-refractivity contribution in [3.63, 3.8) is 0 Å². The van der Waals surface area contributed by atoms with E-state index in [1.54, 1.807) is 0 Å². The van der Waals surface area contributed by atoms with Gasteiger partial charge >= 0.3 is 0 Å².